The van der Waals surface area contributed by atoms with Crippen LogP contribution in [0.1, 0.15) is 37.8 Å². The Labute approximate surface area is 136 Å². The number of ketones is 3. The van der Waals surface area contributed by atoms with E-state index in [0.29, 0.717) is 31.4 Å². The molecule has 2 aliphatic carbocycles. The fourth-order valence-electron chi connectivity index (χ4n) is 2.22. The maximum absolute atomic E-state index is 12.4. The minimum Gasteiger partial charge on any atom is -0.359 e. The number of alkyl halides is 3. The Kier molecular flexibility index (Phi) is 5.48. The van der Waals surface area contributed by atoms with Gasteiger partial charge in [0.1, 0.15) is 17.3 Å². The number of nitrogens with zero attached hydrogens (tertiary/aromatic N) is 1. The van der Waals surface area contributed by atoms with Crippen LogP contribution in [-0.4, -0.2) is 22.3 Å². The van der Waals surface area contributed by atoms with Crippen molar-refractivity contribution in [1.29, 1.82) is 0 Å². The van der Waals surface area contributed by atoms with Crippen molar-refractivity contribution in [2.24, 2.45) is 0 Å². The molecule has 8 heteroatoms. The molecular weight excluding hydrogens is 325 g/mol. The number of hydrogen-bond acceptors (Lipinski definition) is 5. The second-order valence-corrected chi connectivity index (χ2v) is 5.44. The Balaban J connectivity index is 0.000000249. The molecule has 0 atom stereocenters. The van der Waals surface area contributed by atoms with Crippen LogP contribution in [0.3, 0.4) is 0 Å². The molecule has 0 aromatic carbocycles. The van der Waals surface area contributed by atoms with Gasteiger partial charge in [-0.25, -0.2) is 0 Å². The fraction of sp³-hybridized carbons (Fsp3) is 0.375. The molecule has 0 aliphatic heterocycles. The van der Waals surface area contributed by atoms with Crippen molar-refractivity contribution in [2.75, 3.05) is 5.32 Å². The van der Waals surface area contributed by atoms with E-state index in [4.69, 9.17) is 0 Å². The molecule has 1 fully saturated rings. The summed E-state index contributed by atoms with van der Waals surface area (Å²) in [7, 11) is 0. The van der Waals surface area contributed by atoms with Crippen LogP contribution >= 0.6 is 0 Å². The first-order valence-corrected chi connectivity index (χ1v) is 7.31. The number of pyridine rings is 1. The molecule has 1 aromatic heterocycles. The first-order chi connectivity index (χ1) is 11.2. The lowest BCUT2D eigenvalue weighted by Gasteiger charge is -2.09. The number of Topliss-reactive ketones (excluding diaryl/α,β-unsaturated/α-hetero) is 2. The molecule has 0 amide bonds. The average Bonchev–Trinajstić information content (AvgIpc) is 3.07. The highest BCUT2D eigenvalue weighted by Crippen LogP contribution is 2.29. The van der Waals surface area contributed by atoms with Gasteiger partial charge in [0.25, 0.3) is 0 Å². The number of rotatable bonds is 2. The van der Waals surface area contributed by atoms with Crippen LogP contribution in [-0.2, 0) is 20.6 Å². The van der Waals surface area contributed by atoms with Crippen molar-refractivity contribution < 1.29 is 27.6 Å². The number of halogens is 3. The van der Waals surface area contributed by atoms with Gasteiger partial charge in [0, 0.05) is 42.9 Å². The van der Waals surface area contributed by atoms with E-state index in [2.05, 4.69) is 10.3 Å². The lowest BCUT2D eigenvalue weighted by atomic mass is 10.3. The molecule has 24 heavy (non-hydrogen) atoms. The molecule has 0 unspecified atom stereocenters. The lowest BCUT2D eigenvalue weighted by molar-refractivity contribution is -0.141. The summed E-state index contributed by atoms with van der Waals surface area (Å²) in [6.07, 6.45) is 0.132. The second-order valence-electron chi connectivity index (χ2n) is 5.44. The van der Waals surface area contributed by atoms with Crippen LogP contribution in [0, 0.1) is 0 Å². The van der Waals surface area contributed by atoms with E-state index in [-0.39, 0.29) is 29.5 Å². The zero-order chi connectivity index (χ0) is 17.7. The summed E-state index contributed by atoms with van der Waals surface area (Å²) in [5.41, 5.74) is -0.0324. The summed E-state index contributed by atoms with van der Waals surface area (Å²) in [6.45, 7) is 0. The molecule has 2 aliphatic rings. The van der Waals surface area contributed by atoms with Crippen molar-refractivity contribution in [2.45, 2.75) is 38.3 Å². The van der Waals surface area contributed by atoms with Crippen LogP contribution in [0.5, 0.6) is 0 Å². The predicted molar refractivity (Wildman–Crippen MR) is 79.1 cm³/mol. The minimum absolute atomic E-state index is 0.0161. The first kappa shape index (κ1) is 17.8. The number of anilines is 1. The normalized spacial score (nSPS) is 17.5. The molecule has 1 N–H and O–H groups in total. The maximum atomic E-state index is 12.4. The van der Waals surface area contributed by atoms with E-state index in [0.717, 1.165) is 12.3 Å². The SMILES string of the molecule is O=C1C=C(Nc2ccnc(C(F)(F)F)c2)CC1.O=C1CCC(=O)C1. The Morgan fingerprint density at radius 3 is 2.12 bits per heavy atom. The third-order valence-corrected chi connectivity index (χ3v) is 3.41. The van der Waals surface area contributed by atoms with E-state index in [9.17, 15) is 27.6 Å². The number of nitrogens with one attached hydrogen (secondary N) is 1. The zero-order valence-electron chi connectivity index (χ0n) is 12.7. The van der Waals surface area contributed by atoms with Crippen LogP contribution in [0.15, 0.2) is 30.1 Å². The Morgan fingerprint density at radius 1 is 1.00 bits per heavy atom. The minimum atomic E-state index is -4.46. The summed E-state index contributed by atoms with van der Waals surface area (Å²) >= 11 is 0. The van der Waals surface area contributed by atoms with Gasteiger partial charge in [-0.1, -0.05) is 0 Å². The van der Waals surface area contributed by atoms with Crippen molar-refractivity contribution in [3.63, 3.8) is 0 Å². The highest BCUT2D eigenvalue weighted by molar-refractivity contribution is 6.05. The molecule has 0 saturated heterocycles. The molecule has 3 rings (SSSR count). The highest BCUT2D eigenvalue weighted by atomic mass is 19.4. The standard InChI is InChI=1S/C11H9F3N2O.C5H6O2/c12-11(13,14)10-6-8(3-4-15-10)16-7-1-2-9(17)5-7;6-4-1-2-5(7)3-4/h3-6H,1-2H2,(H,15,16);1-3H2. The van der Waals surface area contributed by atoms with Crippen molar-refractivity contribution >= 4 is 23.0 Å². The van der Waals surface area contributed by atoms with E-state index < -0.39 is 11.9 Å². The monoisotopic (exact) mass is 340 g/mol. The summed E-state index contributed by atoms with van der Waals surface area (Å²) in [4.78, 5) is 34.7. The van der Waals surface area contributed by atoms with Crippen molar-refractivity contribution in [1.82, 2.24) is 4.98 Å². The lowest BCUT2D eigenvalue weighted by Crippen LogP contribution is -2.08. The van der Waals surface area contributed by atoms with Gasteiger partial charge in [-0.2, -0.15) is 13.2 Å². The zero-order valence-corrected chi connectivity index (χ0v) is 12.7. The van der Waals surface area contributed by atoms with Crippen LogP contribution in [0.25, 0.3) is 0 Å². The summed E-state index contributed by atoms with van der Waals surface area (Å²) in [5, 5.41) is 2.78. The summed E-state index contributed by atoms with van der Waals surface area (Å²) in [5.74, 6) is 0.188. The number of hydrogen-bond donors (Lipinski definition) is 1. The molecule has 0 bridgehead atoms. The summed E-state index contributed by atoms with van der Waals surface area (Å²) < 4.78 is 37.2. The predicted octanol–water partition coefficient (Wildman–Crippen LogP) is 3.07. The topological polar surface area (TPSA) is 76.1 Å². The third-order valence-electron chi connectivity index (χ3n) is 3.41. The maximum Gasteiger partial charge on any atom is 0.433 e. The fourth-order valence-corrected chi connectivity index (χ4v) is 2.22. The van der Waals surface area contributed by atoms with Crippen molar-refractivity contribution in [3.05, 3.63) is 35.8 Å². The Hall–Kier alpha value is -2.51. The highest BCUT2D eigenvalue weighted by Gasteiger charge is 2.32. The smallest absolute Gasteiger partial charge is 0.359 e. The van der Waals surface area contributed by atoms with Gasteiger partial charge in [-0.05, 0) is 18.6 Å². The van der Waals surface area contributed by atoms with Gasteiger partial charge in [-0.15, -0.1) is 0 Å². The molecule has 1 saturated carbocycles. The molecule has 0 spiro atoms. The molecule has 1 heterocycles. The number of carbonyl (C=O) groups excluding carboxylic acids is 3. The Morgan fingerprint density at radius 2 is 1.67 bits per heavy atom. The van der Waals surface area contributed by atoms with Gasteiger partial charge in [0.15, 0.2) is 5.78 Å². The van der Waals surface area contributed by atoms with E-state index in [1.165, 1.54) is 12.1 Å². The van der Waals surface area contributed by atoms with Crippen LogP contribution in [0.2, 0.25) is 0 Å². The molecule has 0 radical (unpaired) electrons. The van der Waals surface area contributed by atoms with Crippen molar-refractivity contribution in [3.8, 4) is 0 Å². The van der Waals surface area contributed by atoms with E-state index in [1.807, 2.05) is 0 Å². The average molecular weight is 340 g/mol. The number of carbonyl (C=O) groups is 3. The van der Waals surface area contributed by atoms with Gasteiger partial charge < -0.3 is 5.32 Å². The molecule has 128 valence electrons. The van der Waals surface area contributed by atoms with Gasteiger partial charge in [0.2, 0.25) is 0 Å². The van der Waals surface area contributed by atoms with E-state index in [1.54, 1.807) is 0 Å². The van der Waals surface area contributed by atoms with Crippen LogP contribution < -0.4 is 5.32 Å². The largest absolute Gasteiger partial charge is 0.433 e. The molecular formula is C16H15F3N2O3. The van der Waals surface area contributed by atoms with Crippen LogP contribution in [0.4, 0.5) is 18.9 Å². The van der Waals surface area contributed by atoms with E-state index >= 15 is 0 Å². The second kappa shape index (κ2) is 7.37. The third kappa shape index (κ3) is 5.29. The van der Waals surface area contributed by atoms with Gasteiger partial charge in [-0.3, -0.25) is 19.4 Å². The van der Waals surface area contributed by atoms with Gasteiger partial charge in [0.05, 0.1) is 6.42 Å². The number of aromatic nitrogens is 1. The Bertz CT molecular complexity index is 682. The summed E-state index contributed by atoms with van der Waals surface area (Å²) in [6, 6.07) is 2.35. The quantitative estimate of drug-likeness (QED) is 0.838. The molecule has 5 nitrogen and oxygen atoms in total. The first-order valence-electron chi connectivity index (χ1n) is 7.31. The molecule has 1 aromatic rings. The van der Waals surface area contributed by atoms with Gasteiger partial charge >= 0.3 is 6.18 Å². The number of allylic oxidation sites excluding steroid dienone is 2.